The number of allylic oxidation sites excluding steroid dienone is 11. The Balaban J connectivity index is 1.06. The van der Waals surface area contributed by atoms with Gasteiger partial charge in [0.1, 0.15) is 0 Å². The van der Waals surface area contributed by atoms with Crippen molar-refractivity contribution in [3.8, 4) is 22.3 Å². The van der Waals surface area contributed by atoms with E-state index in [4.69, 9.17) is 0 Å². The lowest BCUT2D eigenvalue weighted by Gasteiger charge is -2.37. The standard InChI is InChI=1S/C58H48BrN/c1-57(2)51-21-11-9-19-47(51)49-35-34-46(38-55(49)57)60(44-30-25-41(26-31-44)39-15-5-3-6-16-39)45-32-28-43(29-33-45)58(54-23-13-14-24-56(54)59)52-22-12-10-20-48(52)50-37-42(27-36-53(50)58)40-17-7-4-8-18-40/h4-5,7-11,13-21,23-25,27-38,41H,3,6,12,22,26H2,1-2H3. The number of halogens is 1. The van der Waals surface area contributed by atoms with Crippen LogP contribution in [0.3, 0.4) is 0 Å². The van der Waals surface area contributed by atoms with Crippen molar-refractivity contribution in [3.63, 3.8) is 0 Å². The van der Waals surface area contributed by atoms with Crippen LogP contribution < -0.4 is 4.90 Å². The molecule has 2 heteroatoms. The highest BCUT2D eigenvalue weighted by Gasteiger charge is 2.48. The second kappa shape index (κ2) is 14.6. The normalized spacial score (nSPS) is 20.6. The summed E-state index contributed by atoms with van der Waals surface area (Å²) in [7, 11) is 0. The summed E-state index contributed by atoms with van der Waals surface area (Å²) < 4.78 is 1.13. The Kier molecular flexibility index (Phi) is 9.05. The van der Waals surface area contributed by atoms with E-state index < -0.39 is 5.41 Å². The largest absolute Gasteiger partial charge is 0.311 e. The van der Waals surface area contributed by atoms with Gasteiger partial charge in [-0.15, -0.1) is 0 Å². The van der Waals surface area contributed by atoms with Gasteiger partial charge < -0.3 is 4.90 Å². The van der Waals surface area contributed by atoms with E-state index in [0.29, 0.717) is 5.92 Å². The summed E-state index contributed by atoms with van der Waals surface area (Å²) in [6.07, 6.45) is 24.4. The van der Waals surface area contributed by atoms with E-state index in [0.717, 1.165) is 42.3 Å². The molecule has 2 atom stereocenters. The van der Waals surface area contributed by atoms with Crippen molar-refractivity contribution in [2.24, 2.45) is 5.92 Å². The van der Waals surface area contributed by atoms with Gasteiger partial charge in [0.15, 0.2) is 0 Å². The first-order valence-electron chi connectivity index (χ1n) is 21.7. The third-order valence-electron chi connectivity index (χ3n) is 13.9. The van der Waals surface area contributed by atoms with Gasteiger partial charge in [-0.2, -0.15) is 0 Å². The minimum atomic E-state index is -0.448. The molecular weight excluding hydrogens is 791 g/mol. The molecule has 0 saturated carbocycles. The van der Waals surface area contributed by atoms with Gasteiger partial charge in [-0.25, -0.2) is 0 Å². The molecule has 11 rings (SSSR count). The maximum atomic E-state index is 4.08. The maximum Gasteiger partial charge on any atom is 0.0687 e. The Morgan fingerprint density at radius 3 is 2.10 bits per heavy atom. The molecule has 1 nitrogen and oxygen atoms in total. The van der Waals surface area contributed by atoms with Crippen molar-refractivity contribution in [2.45, 2.75) is 56.8 Å². The summed E-state index contributed by atoms with van der Waals surface area (Å²) in [4.78, 5) is 2.49. The molecule has 292 valence electrons. The Morgan fingerprint density at radius 2 is 1.32 bits per heavy atom. The van der Waals surface area contributed by atoms with E-state index in [1.807, 2.05) is 0 Å². The molecule has 6 aromatic carbocycles. The van der Waals surface area contributed by atoms with Crippen LogP contribution in [0.4, 0.5) is 11.4 Å². The zero-order valence-electron chi connectivity index (χ0n) is 34.3. The Hall–Kier alpha value is -5.96. The summed E-state index contributed by atoms with van der Waals surface area (Å²) >= 11 is 4.08. The lowest BCUT2D eigenvalue weighted by molar-refractivity contribution is 0.660. The van der Waals surface area contributed by atoms with Crippen LogP contribution in [0.5, 0.6) is 0 Å². The number of benzene rings is 6. The summed E-state index contributed by atoms with van der Waals surface area (Å²) in [5, 5.41) is 0. The summed E-state index contributed by atoms with van der Waals surface area (Å²) in [5.74, 6) is 0.406. The van der Waals surface area contributed by atoms with E-state index in [1.165, 1.54) is 83.7 Å². The molecule has 0 radical (unpaired) electrons. The van der Waals surface area contributed by atoms with Gasteiger partial charge in [-0.1, -0.05) is 175 Å². The van der Waals surface area contributed by atoms with Gasteiger partial charge in [0.2, 0.25) is 0 Å². The molecule has 0 aromatic heterocycles. The molecule has 0 saturated heterocycles. The second-order valence-corrected chi connectivity index (χ2v) is 18.3. The average Bonchev–Trinajstić information content (AvgIpc) is 3.73. The fourth-order valence-electron chi connectivity index (χ4n) is 11.0. The minimum Gasteiger partial charge on any atom is -0.311 e. The minimum absolute atomic E-state index is 0.0926. The summed E-state index contributed by atoms with van der Waals surface area (Å²) in [5.41, 5.74) is 20.6. The van der Waals surface area contributed by atoms with Gasteiger partial charge in [-0.05, 0) is 147 Å². The Bertz CT molecular complexity index is 2880. The molecule has 0 heterocycles. The zero-order valence-corrected chi connectivity index (χ0v) is 35.9. The highest BCUT2D eigenvalue weighted by atomic mass is 79.9. The van der Waals surface area contributed by atoms with Crippen molar-refractivity contribution in [2.75, 3.05) is 4.90 Å². The second-order valence-electron chi connectivity index (χ2n) is 17.5. The average molecular weight is 839 g/mol. The van der Waals surface area contributed by atoms with Crippen LogP contribution in [-0.2, 0) is 10.8 Å². The first kappa shape index (κ1) is 37.1. The molecule has 6 aromatic rings. The molecule has 5 aliphatic rings. The fourth-order valence-corrected chi connectivity index (χ4v) is 11.6. The van der Waals surface area contributed by atoms with Gasteiger partial charge in [0, 0.05) is 32.9 Å². The van der Waals surface area contributed by atoms with Crippen molar-refractivity contribution >= 4 is 32.9 Å². The maximum absolute atomic E-state index is 4.08. The van der Waals surface area contributed by atoms with Gasteiger partial charge >= 0.3 is 0 Å². The molecular formula is C58H48BrN. The molecule has 60 heavy (non-hydrogen) atoms. The van der Waals surface area contributed by atoms with Crippen LogP contribution in [0.15, 0.2) is 209 Å². The number of anilines is 2. The highest BCUT2D eigenvalue weighted by molar-refractivity contribution is 9.10. The summed E-state index contributed by atoms with van der Waals surface area (Å²) in [6, 6.07) is 52.6. The first-order valence-corrected chi connectivity index (χ1v) is 22.5. The molecule has 0 N–H and O–H groups in total. The van der Waals surface area contributed by atoms with E-state index in [9.17, 15) is 0 Å². The van der Waals surface area contributed by atoms with Crippen LogP contribution in [0.2, 0.25) is 0 Å². The molecule has 0 spiro atoms. The highest BCUT2D eigenvalue weighted by Crippen LogP contribution is 2.59. The molecule has 2 unspecified atom stereocenters. The zero-order chi connectivity index (χ0) is 40.4. The smallest absolute Gasteiger partial charge is 0.0687 e. The van der Waals surface area contributed by atoms with Crippen LogP contribution >= 0.6 is 15.9 Å². The number of hydrogen-bond acceptors (Lipinski definition) is 1. The van der Waals surface area contributed by atoms with Crippen LogP contribution in [0, 0.1) is 5.92 Å². The number of rotatable bonds is 7. The molecule has 0 fully saturated rings. The number of hydrogen-bond donors (Lipinski definition) is 0. The quantitative estimate of drug-likeness (QED) is 0.155. The van der Waals surface area contributed by atoms with Crippen molar-refractivity contribution in [3.05, 3.63) is 243 Å². The molecule has 0 aliphatic heterocycles. The van der Waals surface area contributed by atoms with Gasteiger partial charge in [-0.3, -0.25) is 0 Å². The van der Waals surface area contributed by atoms with Crippen molar-refractivity contribution < 1.29 is 0 Å². The van der Waals surface area contributed by atoms with E-state index in [2.05, 4.69) is 223 Å². The predicted molar refractivity (Wildman–Crippen MR) is 256 cm³/mol. The van der Waals surface area contributed by atoms with Gasteiger partial charge in [0.25, 0.3) is 0 Å². The third kappa shape index (κ3) is 5.79. The first-order chi connectivity index (χ1) is 29.4. The molecule has 0 amide bonds. The monoisotopic (exact) mass is 837 g/mol. The third-order valence-corrected chi connectivity index (χ3v) is 14.6. The molecule has 0 bridgehead atoms. The lowest BCUT2D eigenvalue weighted by Crippen LogP contribution is -2.31. The molecule has 5 aliphatic carbocycles. The summed E-state index contributed by atoms with van der Waals surface area (Å²) in [6.45, 7) is 4.76. The fraction of sp³-hybridized carbons (Fsp3) is 0.172. The lowest BCUT2D eigenvalue weighted by atomic mass is 9.65. The Morgan fingerprint density at radius 1 is 0.567 bits per heavy atom. The number of fused-ring (bicyclic) bond motifs is 5. The van der Waals surface area contributed by atoms with Crippen molar-refractivity contribution in [1.29, 1.82) is 0 Å². The van der Waals surface area contributed by atoms with E-state index in [-0.39, 0.29) is 5.41 Å². The van der Waals surface area contributed by atoms with Crippen LogP contribution in [-0.4, -0.2) is 0 Å². The van der Waals surface area contributed by atoms with E-state index in [1.54, 1.807) is 0 Å². The predicted octanol–water partition coefficient (Wildman–Crippen LogP) is 15.7. The Labute approximate surface area is 363 Å². The topological polar surface area (TPSA) is 3.24 Å². The van der Waals surface area contributed by atoms with Crippen LogP contribution in [0.25, 0.3) is 27.8 Å². The number of nitrogens with zero attached hydrogens (tertiary/aromatic N) is 1. The SMILES string of the molecule is CC1(C)c2ccccc2-c2ccc(N(C3=CCC(C4=CCCC=C4)C=C3)c3ccc(C4(c5ccccc5Br)C5=C(C=CCC5)c5cc(-c6ccccc6)ccc54)cc3)cc21. The van der Waals surface area contributed by atoms with Crippen LogP contribution in [0.1, 0.15) is 79.3 Å². The van der Waals surface area contributed by atoms with Gasteiger partial charge in [0.05, 0.1) is 5.41 Å². The van der Waals surface area contributed by atoms with E-state index >= 15 is 0 Å². The van der Waals surface area contributed by atoms with Crippen molar-refractivity contribution in [1.82, 2.24) is 0 Å².